The maximum absolute atomic E-state index is 6.12. The summed E-state index contributed by atoms with van der Waals surface area (Å²) in [5.41, 5.74) is 8.46. The summed E-state index contributed by atoms with van der Waals surface area (Å²) >= 11 is 0. The molecule has 1 aromatic heterocycles. The average molecular weight is 220 g/mol. The van der Waals surface area contributed by atoms with Gasteiger partial charge in [-0.2, -0.15) is 0 Å². The smallest absolute Gasteiger partial charge is 0.0730 e. The standard InChI is InChI=1S/C13H20N2O/c1-2-10-5-6-11(15-9-10)8-12(14)13-4-3-7-16-13/h5-6,9,12-13H,2-4,7-8,14H2,1H3. The number of rotatable bonds is 4. The van der Waals surface area contributed by atoms with Crippen LogP contribution in [0.2, 0.25) is 0 Å². The second-order valence-corrected chi connectivity index (χ2v) is 4.43. The van der Waals surface area contributed by atoms with Crippen LogP contribution in [0.15, 0.2) is 18.3 Å². The molecule has 0 bridgehead atoms. The number of hydrogen-bond acceptors (Lipinski definition) is 3. The summed E-state index contributed by atoms with van der Waals surface area (Å²) in [5.74, 6) is 0. The second kappa shape index (κ2) is 5.41. The zero-order chi connectivity index (χ0) is 11.4. The third-order valence-corrected chi connectivity index (χ3v) is 3.18. The van der Waals surface area contributed by atoms with Crippen LogP contribution in [0.5, 0.6) is 0 Å². The van der Waals surface area contributed by atoms with Crippen molar-refractivity contribution in [3.8, 4) is 0 Å². The predicted molar refractivity (Wildman–Crippen MR) is 64.3 cm³/mol. The van der Waals surface area contributed by atoms with E-state index in [9.17, 15) is 0 Å². The van der Waals surface area contributed by atoms with Crippen LogP contribution in [0, 0.1) is 0 Å². The van der Waals surface area contributed by atoms with Gasteiger partial charge in [-0.05, 0) is 30.9 Å². The van der Waals surface area contributed by atoms with Gasteiger partial charge in [-0.25, -0.2) is 0 Å². The fourth-order valence-electron chi connectivity index (χ4n) is 2.10. The molecular formula is C13H20N2O. The maximum Gasteiger partial charge on any atom is 0.0730 e. The highest BCUT2D eigenvalue weighted by Gasteiger charge is 2.23. The number of pyridine rings is 1. The molecule has 2 heterocycles. The summed E-state index contributed by atoms with van der Waals surface area (Å²) in [6.45, 7) is 3.00. The van der Waals surface area contributed by atoms with E-state index >= 15 is 0 Å². The maximum atomic E-state index is 6.12. The Labute approximate surface area is 97.0 Å². The van der Waals surface area contributed by atoms with Crippen molar-refractivity contribution in [3.63, 3.8) is 0 Å². The predicted octanol–water partition coefficient (Wildman–Crippen LogP) is 1.69. The van der Waals surface area contributed by atoms with Crippen LogP contribution in [0.4, 0.5) is 0 Å². The van der Waals surface area contributed by atoms with E-state index in [1.165, 1.54) is 5.56 Å². The van der Waals surface area contributed by atoms with E-state index in [4.69, 9.17) is 10.5 Å². The van der Waals surface area contributed by atoms with Gasteiger partial charge in [-0.15, -0.1) is 0 Å². The lowest BCUT2D eigenvalue weighted by Crippen LogP contribution is -2.36. The molecular weight excluding hydrogens is 200 g/mol. The third kappa shape index (κ3) is 2.80. The molecule has 1 saturated heterocycles. The molecule has 0 aliphatic carbocycles. The highest BCUT2D eigenvalue weighted by atomic mass is 16.5. The van der Waals surface area contributed by atoms with Crippen molar-refractivity contribution in [3.05, 3.63) is 29.6 Å². The molecule has 2 rings (SSSR count). The van der Waals surface area contributed by atoms with Gasteiger partial charge in [0.1, 0.15) is 0 Å². The largest absolute Gasteiger partial charge is 0.377 e. The summed E-state index contributed by atoms with van der Waals surface area (Å²) in [6.07, 6.45) is 6.25. The van der Waals surface area contributed by atoms with Crippen molar-refractivity contribution < 1.29 is 4.74 Å². The first-order valence-corrected chi connectivity index (χ1v) is 6.10. The Morgan fingerprint density at radius 1 is 1.56 bits per heavy atom. The fraction of sp³-hybridized carbons (Fsp3) is 0.615. The lowest BCUT2D eigenvalue weighted by atomic mass is 10.0. The molecule has 1 aliphatic heterocycles. The van der Waals surface area contributed by atoms with E-state index in [2.05, 4.69) is 24.0 Å². The molecule has 0 saturated carbocycles. The van der Waals surface area contributed by atoms with Crippen LogP contribution >= 0.6 is 0 Å². The number of ether oxygens (including phenoxy) is 1. The summed E-state index contributed by atoms with van der Waals surface area (Å²) in [4.78, 5) is 4.43. The van der Waals surface area contributed by atoms with E-state index in [-0.39, 0.29) is 12.1 Å². The number of nitrogens with zero attached hydrogens (tertiary/aromatic N) is 1. The molecule has 1 fully saturated rings. The van der Waals surface area contributed by atoms with Gasteiger partial charge in [-0.1, -0.05) is 13.0 Å². The molecule has 0 aromatic carbocycles. The van der Waals surface area contributed by atoms with Gasteiger partial charge in [0.05, 0.1) is 6.10 Å². The van der Waals surface area contributed by atoms with Crippen LogP contribution in [-0.4, -0.2) is 23.7 Å². The van der Waals surface area contributed by atoms with E-state index in [0.717, 1.165) is 38.0 Å². The van der Waals surface area contributed by atoms with Crippen molar-refractivity contribution >= 4 is 0 Å². The minimum Gasteiger partial charge on any atom is -0.377 e. The zero-order valence-corrected chi connectivity index (χ0v) is 9.86. The molecule has 3 heteroatoms. The van der Waals surface area contributed by atoms with Crippen LogP contribution in [-0.2, 0) is 17.6 Å². The lowest BCUT2D eigenvalue weighted by Gasteiger charge is -2.17. The van der Waals surface area contributed by atoms with E-state index in [0.29, 0.717) is 0 Å². The molecule has 1 aromatic rings. The molecule has 16 heavy (non-hydrogen) atoms. The monoisotopic (exact) mass is 220 g/mol. The Balaban J connectivity index is 1.92. The van der Waals surface area contributed by atoms with E-state index < -0.39 is 0 Å². The molecule has 2 N–H and O–H groups in total. The Hall–Kier alpha value is -0.930. The minimum atomic E-state index is 0.0856. The first kappa shape index (κ1) is 11.6. The van der Waals surface area contributed by atoms with Crippen LogP contribution < -0.4 is 5.73 Å². The molecule has 0 amide bonds. The summed E-state index contributed by atoms with van der Waals surface area (Å²) in [5, 5.41) is 0. The van der Waals surface area contributed by atoms with Gasteiger partial charge in [0.25, 0.3) is 0 Å². The summed E-state index contributed by atoms with van der Waals surface area (Å²) < 4.78 is 5.58. The SMILES string of the molecule is CCc1ccc(CC(N)C2CCCO2)nc1. The highest BCUT2D eigenvalue weighted by molar-refractivity contribution is 5.14. The van der Waals surface area contributed by atoms with Crippen molar-refractivity contribution in [2.75, 3.05) is 6.61 Å². The fourth-order valence-corrected chi connectivity index (χ4v) is 2.10. The zero-order valence-electron chi connectivity index (χ0n) is 9.86. The quantitative estimate of drug-likeness (QED) is 0.840. The summed E-state index contributed by atoms with van der Waals surface area (Å²) in [7, 11) is 0. The molecule has 2 atom stereocenters. The number of aromatic nitrogens is 1. The van der Waals surface area contributed by atoms with Gasteiger partial charge in [0.2, 0.25) is 0 Å². The minimum absolute atomic E-state index is 0.0856. The molecule has 2 unspecified atom stereocenters. The van der Waals surface area contributed by atoms with Crippen molar-refractivity contribution in [2.45, 2.75) is 44.8 Å². The Bertz CT molecular complexity index is 317. The highest BCUT2D eigenvalue weighted by Crippen LogP contribution is 2.16. The van der Waals surface area contributed by atoms with Crippen molar-refractivity contribution in [2.24, 2.45) is 5.73 Å². The van der Waals surface area contributed by atoms with E-state index in [1.807, 2.05) is 6.20 Å². The molecule has 88 valence electrons. The van der Waals surface area contributed by atoms with Crippen LogP contribution in [0.3, 0.4) is 0 Å². The Morgan fingerprint density at radius 2 is 2.44 bits per heavy atom. The number of aryl methyl sites for hydroxylation is 1. The normalized spacial score (nSPS) is 22.2. The molecule has 0 radical (unpaired) electrons. The molecule has 0 spiro atoms. The first-order chi connectivity index (χ1) is 7.79. The van der Waals surface area contributed by atoms with Gasteiger partial charge in [0.15, 0.2) is 0 Å². The third-order valence-electron chi connectivity index (χ3n) is 3.18. The van der Waals surface area contributed by atoms with Crippen molar-refractivity contribution in [1.29, 1.82) is 0 Å². The Morgan fingerprint density at radius 3 is 3.00 bits per heavy atom. The van der Waals surface area contributed by atoms with Gasteiger partial charge in [0, 0.05) is 31.0 Å². The van der Waals surface area contributed by atoms with Crippen LogP contribution in [0.25, 0.3) is 0 Å². The average Bonchev–Trinajstić information content (AvgIpc) is 2.83. The molecule has 1 aliphatic rings. The van der Waals surface area contributed by atoms with Gasteiger partial charge < -0.3 is 10.5 Å². The first-order valence-electron chi connectivity index (χ1n) is 6.10. The van der Waals surface area contributed by atoms with Crippen molar-refractivity contribution in [1.82, 2.24) is 4.98 Å². The van der Waals surface area contributed by atoms with Crippen LogP contribution in [0.1, 0.15) is 31.0 Å². The number of hydrogen-bond donors (Lipinski definition) is 1. The molecule has 3 nitrogen and oxygen atoms in total. The number of nitrogens with two attached hydrogens (primary N) is 1. The lowest BCUT2D eigenvalue weighted by molar-refractivity contribution is 0.0897. The summed E-state index contributed by atoms with van der Waals surface area (Å²) in [6, 6.07) is 4.29. The Kier molecular flexibility index (Phi) is 3.91. The van der Waals surface area contributed by atoms with Gasteiger partial charge >= 0.3 is 0 Å². The second-order valence-electron chi connectivity index (χ2n) is 4.43. The van der Waals surface area contributed by atoms with Gasteiger partial charge in [-0.3, -0.25) is 4.98 Å². The topological polar surface area (TPSA) is 48.1 Å². The van der Waals surface area contributed by atoms with E-state index in [1.54, 1.807) is 0 Å².